The second-order valence-corrected chi connectivity index (χ2v) is 17.8. The van der Waals surface area contributed by atoms with Crippen LogP contribution in [0, 0.1) is 0 Å². The van der Waals surface area contributed by atoms with Crippen LogP contribution in [0.4, 0.5) is 0 Å². The molecule has 2 unspecified atom stereocenters. The van der Waals surface area contributed by atoms with E-state index < -0.39 is 24.3 Å². The summed E-state index contributed by atoms with van der Waals surface area (Å²) in [5.74, 6) is -2.02. The Morgan fingerprint density at radius 1 is 0.500 bits per heavy atom. The monoisotopic (exact) mass is 849 g/mol. The Morgan fingerprint density at radius 2 is 0.900 bits per heavy atom. The molecule has 0 aliphatic carbocycles. The van der Waals surface area contributed by atoms with Gasteiger partial charge in [0.15, 0.2) is 6.10 Å². The number of allylic oxidation sites excluding steroid dienone is 6. The number of likely N-dealkylation sites (N-methyl/N-ethyl adjacent to an activating group) is 1. The summed E-state index contributed by atoms with van der Waals surface area (Å²) in [6.45, 7) is 4.85. The van der Waals surface area contributed by atoms with Gasteiger partial charge >= 0.3 is 17.9 Å². The molecule has 0 fully saturated rings. The number of carbonyl (C=O) groups excluding carboxylic acids is 2. The van der Waals surface area contributed by atoms with Crippen LogP contribution in [0.1, 0.15) is 213 Å². The molecule has 350 valence electrons. The third kappa shape index (κ3) is 43.6. The topological polar surface area (TPSA) is 108 Å². The summed E-state index contributed by atoms with van der Waals surface area (Å²) in [6, 6.07) is 0. The molecule has 0 radical (unpaired) electrons. The molecule has 0 aliphatic heterocycles. The normalized spacial score (nSPS) is 13.2. The van der Waals surface area contributed by atoms with Gasteiger partial charge in [-0.05, 0) is 70.6 Å². The lowest BCUT2D eigenvalue weighted by Crippen LogP contribution is -2.40. The van der Waals surface area contributed by atoms with Gasteiger partial charge in [0.05, 0.1) is 34.4 Å². The van der Waals surface area contributed by atoms with Crippen LogP contribution in [-0.4, -0.2) is 87.4 Å². The number of carboxylic acid groups (broad SMARTS) is 1. The number of esters is 2. The lowest BCUT2D eigenvalue weighted by atomic mass is 10.1. The van der Waals surface area contributed by atoms with E-state index in [4.69, 9.17) is 18.9 Å². The highest BCUT2D eigenvalue weighted by Crippen LogP contribution is 2.14. The average molecular weight is 849 g/mol. The third-order valence-corrected chi connectivity index (χ3v) is 10.6. The van der Waals surface area contributed by atoms with Gasteiger partial charge in [-0.15, -0.1) is 0 Å². The van der Waals surface area contributed by atoms with Crippen molar-refractivity contribution in [3.63, 3.8) is 0 Å². The number of hydrogen-bond acceptors (Lipinski definition) is 7. The highest BCUT2D eigenvalue weighted by molar-refractivity contribution is 5.71. The van der Waals surface area contributed by atoms with Gasteiger partial charge in [0.2, 0.25) is 0 Å². The quantitative estimate of drug-likeness (QED) is 0.0212. The fraction of sp³-hybridized carbons (Fsp3) is 0.824. The maximum Gasteiger partial charge on any atom is 0.361 e. The van der Waals surface area contributed by atoms with Gasteiger partial charge in [-0.3, -0.25) is 9.59 Å². The van der Waals surface area contributed by atoms with Crippen molar-refractivity contribution < 1.29 is 42.9 Å². The van der Waals surface area contributed by atoms with E-state index in [2.05, 4.69) is 50.3 Å². The summed E-state index contributed by atoms with van der Waals surface area (Å²) in [5.41, 5.74) is 0. The number of quaternary nitrogens is 1. The Balaban J connectivity index is 4.37. The number of nitrogens with zero attached hydrogens (tertiary/aromatic N) is 1. The zero-order chi connectivity index (χ0) is 44.2. The van der Waals surface area contributed by atoms with Crippen molar-refractivity contribution in [2.75, 3.05) is 47.5 Å². The molecule has 0 aromatic rings. The maximum absolute atomic E-state index is 12.8. The van der Waals surface area contributed by atoms with Crippen molar-refractivity contribution >= 4 is 17.9 Å². The number of hydrogen-bond donors (Lipinski definition) is 1. The second kappa shape index (κ2) is 43.2. The molecule has 0 aromatic carbocycles. The van der Waals surface area contributed by atoms with Gasteiger partial charge in [-0.1, -0.05) is 166 Å². The van der Waals surface area contributed by atoms with Crippen molar-refractivity contribution in [3.8, 4) is 0 Å². The molecular weight excluding hydrogens is 755 g/mol. The minimum atomic E-state index is -1.51. The van der Waals surface area contributed by atoms with Gasteiger partial charge < -0.3 is 28.5 Å². The van der Waals surface area contributed by atoms with Gasteiger partial charge in [0.25, 0.3) is 6.29 Å². The van der Waals surface area contributed by atoms with Gasteiger partial charge in [-0.25, -0.2) is 4.79 Å². The molecule has 0 aliphatic rings. The van der Waals surface area contributed by atoms with E-state index >= 15 is 0 Å². The summed E-state index contributed by atoms with van der Waals surface area (Å²) in [7, 11) is 5.96. The first kappa shape index (κ1) is 57.5. The number of ether oxygens (including phenoxy) is 4. The molecule has 0 amide bonds. The zero-order valence-electron chi connectivity index (χ0n) is 39.6. The number of aliphatic carboxylic acids is 1. The largest absolute Gasteiger partial charge is 0.477 e. The second-order valence-electron chi connectivity index (χ2n) is 17.8. The molecule has 9 nitrogen and oxygen atoms in total. The smallest absolute Gasteiger partial charge is 0.361 e. The van der Waals surface area contributed by atoms with Gasteiger partial charge in [0.1, 0.15) is 13.2 Å². The van der Waals surface area contributed by atoms with Gasteiger partial charge in [0, 0.05) is 12.8 Å². The standard InChI is InChI=1S/C51H93NO8/c1-6-8-10-12-14-16-18-20-22-23-24-25-26-27-28-30-32-34-36-38-40-42-49(54)60-47(46-59-51(50(55)56)57-44-43-52(3,4)5)45-58-48(53)41-39-37-35-33-31-29-21-19-17-15-13-11-9-7-2/h18-21,23-24,47,51H,6-17,22,25-46H2,1-5H3/p+1/b20-18-,21-19-,24-23-. The predicted molar refractivity (Wildman–Crippen MR) is 249 cm³/mol. The summed E-state index contributed by atoms with van der Waals surface area (Å²) >= 11 is 0. The lowest BCUT2D eigenvalue weighted by Gasteiger charge is -2.25. The zero-order valence-corrected chi connectivity index (χ0v) is 39.6. The molecule has 0 aromatic heterocycles. The minimum Gasteiger partial charge on any atom is -0.477 e. The van der Waals surface area contributed by atoms with Crippen LogP contribution in [0.3, 0.4) is 0 Å². The fourth-order valence-corrected chi connectivity index (χ4v) is 6.74. The van der Waals surface area contributed by atoms with Crippen molar-refractivity contribution in [3.05, 3.63) is 36.5 Å². The van der Waals surface area contributed by atoms with Crippen LogP contribution in [-0.2, 0) is 33.3 Å². The summed E-state index contributed by atoms with van der Waals surface area (Å²) in [6.07, 6.45) is 46.3. The number of rotatable bonds is 45. The van der Waals surface area contributed by atoms with Crippen LogP contribution in [0.5, 0.6) is 0 Å². The van der Waals surface area contributed by atoms with E-state index in [1.165, 1.54) is 116 Å². The molecule has 2 atom stereocenters. The predicted octanol–water partition coefficient (Wildman–Crippen LogP) is 13.4. The number of carbonyl (C=O) groups is 3. The molecule has 60 heavy (non-hydrogen) atoms. The van der Waals surface area contributed by atoms with E-state index in [-0.39, 0.29) is 32.2 Å². The Morgan fingerprint density at radius 3 is 1.33 bits per heavy atom. The van der Waals surface area contributed by atoms with E-state index in [9.17, 15) is 19.5 Å². The molecule has 0 saturated heterocycles. The average Bonchev–Trinajstić information content (AvgIpc) is 3.21. The Bertz CT molecular complexity index is 1080. The first-order chi connectivity index (χ1) is 29.1. The SMILES string of the molecule is CCCCCCC/C=C\C/C=C\CCCCCCCCCCCC(=O)OC(COC(=O)CCCCCCC/C=C\CCCCCCC)COC(OCC[N+](C)(C)C)C(=O)O. The molecule has 0 bridgehead atoms. The first-order valence-electron chi connectivity index (χ1n) is 24.7. The lowest BCUT2D eigenvalue weighted by molar-refractivity contribution is -0.870. The van der Waals surface area contributed by atoms with Crippen molar-refractivity contribution in [2.45, 2.75) is 225 Å². The summed E-state index contributed by atoms with van der Waals surface area (Å²) < 4.78 is 22.8. The van der Waals surface area contributed by atoms with E-state index in [0.29, 0.717) is 23.9 Å². The van der Waals surface area contributed by atoms with E-state index in [1.807, 2.05) is 21.1 Å². The summed E-state index contributed by atoms with van der Waals surface area (Å²) in [4.78, 5) is 37.2. The van der Waals surface area contributed by atoms with Crippen LogP contribution in [0.2, 0.25) is 0 Å². The molecule has 1 N–H and O–H groups in total. The third-order valence-electron chi connectivity index (χ3n) is 10.6. The van der Waals surface area contributed by atoms with Crippen LogP contribution in [0.15, 0.2) is 36.5 Å². The molecule has 0 rings (SSSR count). The highest BCUT2D eigenvalue weighted by atomic mass is 16.7. The summed E-state index contributed by atoms with van der Waals surface area (Å²) in [5, 5.41) is 9.65. The molecular formula is C51H94NO8+. The molecule has 0 heterocycles. The van der Waals surface area contributed by atoms with Crippen LogP contribution < -0.4 is 0 Å². The minimum absolute atomic E-state index is 0.186. The van der Waals surface area contributed by atoms with E-state index in [1.54, 1.807) is 0 Å². The highest BCUT2D eigenvalue weighted by Gasteiger charge is 2.25. The van der Waals surface area contributed by atoms with Crippen LogP contribution in [0.25, 0.3) is 0 Å². The van der Waals surface area contributed by atoms with Crippen molar-refractivity contribution in [1.82, 2.24) is 0 Å². The Kier molecular flexibility index (Phi) is 41.4. The molecule has 0 saturated carbocycles. The first-order valence-corrected chi connectivity index (χ1v) is 24.7. The Hall–Kier alpha value is -2.49. The number of carboxylic acids is 1. The maximum atomic E-state index is 12.8. The Labute approximate surface area is 369 Å². The van der Waals surface area contributed by atoms with Crippen molar-refractivity contribution in [1.29, 1.82) is 0 Å². The molecule has 0 spiro atoms. The van der Waals surface area contributed by atoms with Crippen molar-refractivity contribution in [2.24, 2.45) is 0 Å². The fourth-order valence-electron chi connectivity index (χ4n) is 6.74. The molecule has 9 heteroatoms. The van der Waals surface area contributed by atoms with Gasteiger partial charge in [-0.2, -0.15) is 0 Å². The van der Waals surface area contributed by atoms with Crippen LogP contribution >= 0.6 is 0 Å². The van der Waals surface area contributed by atoms with E-state index in [0.717, 1.165) is 64.2 Å². The number of unbranched alkanes of at least 4 members (excludes halogenated alkanes) is 24.